The Kier molecular flexibility index (Phi) is 3.51. The van der Waals surface area contributed by atoms with E-state index >= 15 is 0 Å². The Balaban J connectivity index is 2.50. The lowest BCUT2D eigenvalue weighted by molar-refractivity contribution is 0.629. The van der Waals surface area contributed by atoms with Crippen LogP contribution < -0.4 is 0 Å². The predicted molar refractivity (Wildman–Crippen MR) is 88.7 cm³/mol. The number of rotatable bonds is 1. The average molecular weight is 410 g/mol. The largest absolute Gasteiger partial charge is 0.346 e. The summed E-state index contributed by atoms with van der Waals surface area (Å²) in [5.74, 6) is -0.475. The molecule has 0 saturated carbocycles. The lowest BCUT2D eigenvalue weighted by atomic mass is 9.99. The van der Waals surface area contributed by atoms with Crippen molar-refractivity contribution in [1.82, 2.24) is 14.8 Å². The van der Waals surface area contributed by atoms with Crippen LogP contribution in [-0.2, 0) is 7.05 Å². The number of H-pyrrole nitrogens is 1. The molecule has 0 bridgehead atoms. The highest BCUT2D eigenvalue weighted by atomic mass is 127. The van der Waals surface area contributed by atoms with Crippen molar-refractivity contribution in [1.29, 1.82) is 5.26 Å². The van der Waals surface area contributed by atoms with Gasteiger partial charge in [0, 0.05) is 12.4 Å². The SMILES string of the molecule is Cn1ncc(I)c1-c1c(F)cc2[nH]c(=S)ccc2c1C#N. The zero-order valence-corrected chi connectivity index (χ0v) is 13.8. The van der Waals surface area contributed by atoms with Crippen molar-refractivity contribution in [3.63, 3.8) is 0 Å². The molecule has 0 unspecified atom stereocenters. The number of halogens is 2. The summed E-state index contributed by atoms with van der Waals surface area (Å²) in [6.07, 6.45) is 1.64. The van der Waals surface area contributed by atoms with Gasteiger partial charge in [-0.05, 0) is 40.8 Å². The number of hydrogen-bond donors (Lipinski definition) is 1. The lowest BCUT2D eigenvalue weighted by Crippen LogP contribution is -2.00. The number of pyridine rings is 1. The highest BCUT2D eigenvalue weighted by Gasteiger charge is 2.20. The van der Waals surface area contributed by atoms with Gasteiger partial charge in [0.1, 0.15) is 16.5 Å². The third-order valence-corrected chi connectivity index (χ3v) is 4.25. The smallest absolute Gasteiger partial charge is 0.136 e. The van der Waals surface area contributed by atoms with E-state index in [0.29, 0.717) is 21.2 Å². The number of fused-ring (bicyclic) bond motifs is 1. The molecule has 0 aliphatic heterocycles. The molecule has 0 radical (unpaired) electrons. The molecule has 21 heavy (non-hydrogen) atoms. The summed E-state index contributed by atoms with van der Waals surface area (Å²) in [6.45, 7) is 0. The molecule has 1 N–H and O–H groups in total. The third kappa shape index (κ3) is 2.24. The van der Waals surface area contributed by atoms with Crippen molar-refractivity contribution in [2.24, 2.45) is 7.05 Å². The van der Waals surface area contributed by atoms with E-state index in [2.05, 4.69) is 38.7 Å². The Morgan fingerprint density at radius 3 is 2.86 bits per heavy atom. The van der Waals surface area contributed by atoms with Crippen LogP contribution >= 0.6 is 34.8 Å². The second-order valence-corrected chi connectivity index (χ2v) is 6.07. The molecular weight excluding hydrogens is 402 g/mol. The molecule has 0 aliphatic carbocycles. The van der Waals surface area contributed by atoms with Gasteiger partial charge in [-0.25, -0.2) is 4.39 Å². The van der Waals surface area contributed by atoms with E-state index in [9.17, 15) is 9.65 Å². The molecule has 0 aliphatic rings. The summed E-state index contributed by atoms with van der Waals surface area (Å²) in [4.78, 5) is 2.91. The molecule has 0 saturated heterocycles. The Labute approximate surface area is 138 Å². The van der Waals surface area contributed by atoms with Gasteiger partial charge in [-0.3, -0.25) is 4.68 Å². The minimum atomic E-state index is -0.475. The molecule has 3 rings (SSSR count). The molecule has 3 aromatic rings. The van der Waals surface area contributed by atoms with Gasteiger partial charge in [0.05, 0.1) is 32.1 Å². The minimum absolute atomic E-state index is 0.264. The minimum Gasteiger partial charge on any atom is -0.346 e. The first-order valence-electron chi connectivity index (χ1n) is 5.96. The Bertz CT molecular complexity index is 948. The average Bonchev–Trinajstić information content (AvgIpc) is 2.76. The van der Waals surface area contributed by atoms with E-state index in [4.69, 9.17) is 12.2 Å². The van der Waals surface area contributed by atoms with Crippen LogP contribution in [0.25, 0.3) is 22.2 Å². The van der Waals surface area contributed by atoms with E-state index < -0.39 is 5.82 Å². The highest BCUT2D eigenvalue weighted by Crippen LogP contribution is 2.34. The lowest BCUT2D eigenvalue weighted by Gasteiger charge is -2.10. The number of nitrogens with zero attached hydrogens (tertiary/aromatic N) is 3. The van der Waals surface area contributed by atoms with E-state index in [-0.39, 0.29) is 11.1 Å². The van der Waals surface area contributed by atoms with E-state index in [1.165, 1.54) is 6.07 Å². The maximum absolute atomic E-state index is 14.6. The fraction of sp³-hybridized carbons (Fsp3) is 0.0714. The van der Waals surface area contributed by atoms with Crippen LogP contribution in [0.5, 0.6) is 0 Å². The molecule has 4 nitrogen and oxygen atoms in total. The van der Waals surface area contributed by atoms with Gasteiger partial charge in [-0.2, -0.15) is 10.4 Å². The Morgan fingerprint density at radius 2 is 2.24 bits per heavy atom. The van der Waals surface area contributed by atoms with Gasteiger partial charge in [-0.15, -0.1) is 0 Å². The van der Waals surface area contributed by atoms with Gasteiger partial charge < -0.3 is 4.98 Å². The van der Waals surface area contributed by atoms with Crippen molar-refractivity contribution in [2.75, 3.05) is 0 Å². The fourth-order valence-electron chi connectivity index (χ4n) is 2.31. The summed E-state index contributed by atoms with van der Waals surface area (Å²) < 4.78 is 17.4. The molecule has 0 fully saturated rings. The topological polar surface area (TPSA) is 57.4 Å². The van der Waals surface area contributed by atoms with Crippen LogP contribution in [0.1, 0.15) is 5.56 Å². The summed E-state index contributed by atoms with van der Waals surface area (Å²) in [5, 5.41) is 14.3. The summed E-state index contributed by atoms with van der Waals surface area (Å²) >= 11 is 7.12. The molecule has 104 valence electrons. The van der Waals surface area contributed by atoms with Crippen LogP contribution in [0.4, 0.5) is 4.39 Å². The normalized spacial score (nSPS) is 10.8. The van der Waals surface area contributed by atoms with Crippen molar-refractivity contribution in [3.05, 3.63) is 44.0 Å². The van der Waals surface area contributed by atoms with Crippen LogP contribution in [-0.4, -0.2) is 14.8 Å². The van der Waals surface area contributed by atoms with Crippen molar-refractivity contribution in [3.8, 4) is 17.3 Å². The zero-order chi connectivity index (χ0) is 15.1. The first-order valence-corrected chi connectivity index (χ1v) is 7.45. The van der Waals surface area contributed by atoms with Crippen LogP contribution in [0, 0.1) is 25.4 Å². The maximum atomic E-state index is 14.6. The first-order chi connectivity index (χ1) is 10.0. The van der Waals surface area contributed by atoms with Gasteiger partial charge in [-0.1, -0.05) is 12.2 Å². The molecule has 0 atom stereocenters. The number of aromatic nitrogens is 3. The predicted octanol–water partition coefficient (Wildman–Crippen LogP) is 3.91. The first kappa shape index (κ1) is 14.2. The Morgan fingerprint density at radius 1 is 1.48 bits per heavy atom. The number of nitrogens with one attached hydrogen (secondary N) is 1. The number of benzene rings is 1. The van der Waals surface area contributed by atoms with Crippen LogP contribution in [0.15, 0.2) is 24.4 Å². The standard InChI is InChI=1S/C14H8FIN4S/c1-20-14(10(16)6-18-20)13-8(5-17)7-2-3-12(21)19-11(7)4-9(13)15/h2-4,6H,1H3,(H,19,21). The molecule has 1 aromatic carbocycles. The molecule has 0 amide bonds. The van der Waals surface area contributed by atoms with Crippen molar-refractivity contribution in [2.45, 2.75) is 0 Å². The quantitative estimate of drug-likeness (QED) is 0.489. The number of aryl methyl sites for hydroxylation is 1. The molecule has 7 heteroatoms. The summed E-state index contributed by atoms with van der Waals surface area (Å²) in [7, 11) is 1.72. The third-order valence-electron chi connectivity index (χ3n) is 3.22. The van der Waals surface area contributed by atoms with Gasteiger partial charge in [0.15, 0.2) is 0 Å². The monoisotopic (exact) mass is 410 g/mol. The molecule has 2 aromatic heterocycles. The van der Waals surface area contributed by atoms with Crippen molar-refractivity contribution < 1.29 is 4.39 Å². The fourth-order valence-corrected chi connectivity index (χ4v) is 3.24. The number of nitriles is 1. The van der Waals surface area contributed by atoms with Crippen LogP contribution in [0.2, 0.25) is 0 Å². The second-order valence-electron chi connectivity index (χ2n) is 4.47. The molecule has 0 spiro atoms. The summed E-state index contributed by atoms with van der Waals surface area (Å²) in [5.41, 5.74) is 1.64. The molecular formula is C14H8FIN4S. The van der Waals surface area contributed by atoms with Crippen LogP contribution in [0.3, 0.4) is 0 Å². The summed E-state index contributed by atoms with van der Waals surface area (Å²) in [6, 6.07) is 6.89. The highest BCUT2D eigenvalue weighted by molar-refractivity contribution is 14.1. The van der Waals surface area contributed by atoms with E-state index in [1.54, 1.807) is 30.1 Å². The van der Waals surface area contributed by atoms with Gasteiger partial charge in [0.2, 0.25) is 0 Å². The number of hydrogen-bond acceptors (Lipinski definition) is 3. The molecule has 2 heterocycles. The maximum Gasteiger partial charge on any atom is 0.136 e. The van der Waals surface area contributed by atoms with Crippen molar-refractivity contribution >= 4 is 45.7 Å². The van der Waals surface area contributed by atoms with Gasteiger partial charge >= 0.3 is 0 Å². The Hall–Kier alpha value is -1.79. The second kappa shape index (κ2) is 5.20. The number of aromatic amines is 1. The zero-order valence-electron chi connectivity index (χ0n) is 10.8. The van der Waals surface area contributed by atoms with E-state index in [0.717, 1.165) is 3.57 Å². The van der Waals surface area contributed by atoms with E-state index in [1.807, 2.05) is 0 Å². The van der Waals surface area contributed by atoms with Gasteiger partial charge in [0.25, 0.3) is 0 Å².